The molecule has 0 radical (unpaired) electrons. The molecule has 0 amide bonds. The lowest BCUT2D eigenvalue weighted by molar-refractivity contribution is 0.291. The van der Waals surface area contributed by atoms with E-state index in [4.69, 9.17) is 9.73 Å². The summed E-state index contributed by atoms with van der Waals surface area (Å²) in [5.74, 6) is 1.35. The van der Waals surface area contributed by atoms with Crippen LogP contribution in [0.15, 0.2) is 65.2 Å². The minimum absolute atomic E-state index is 0.260. The third-order valence-corrected chi connectivity index (χ3v) is 8.46. The van der Waals surface area contributed by atoms with Crippen LogP contribution in [0, 0.1) is 33.6 Å². The highest BCUT2D eigenvalue weighted by Crippen LogP contribution is 2.47. The molecule has 1 aliphatic heterocycles. The second-order valence-corrected chi connectivity index (χ2v) is 11.4. The number of allylic oxidation sites excluding steroid dienone is 3. The molecule has 1 aliphatic carbocycles. The highest BCUT2D eigenvalue weighted by molar-refractivity contribution is 7.74. The Morgan fingerprint density at radius 1 is 0.867 bits per heavy atom. The number of ether oxygens (including phenoxy) is 1. The van der Waals surface area contributed by atoms with Gasteiger partial charge in [-0.2, -0.15) is 0 Å². The first kappa shape index (κ1) is 21.1. The van der Waals surface area contributed by atoms with Gasteiger partial charge in [-0.15, -0.1) is 0 Å². The Labute approximate surface area is 182 Å². The Hall–Kier alpha value is -2.18. The maximum absolute atomic E-state index is 6.11. The molecule has 1 heterocycles. The van der Waals surface area contributed by atoms with Crippen LogP contribution in [0.1, 0.15) is 36.1 Å². The summed E-state index contributed by atoms with van der Waals surface area (Å²) < 4.78 is 6.11. The number of benzene rings is 2. The van der Waals surface area contributed by atoms with E-state index in [-0.39, 0.29) is 11.7 Å². The van der Waals surface area contributed by atoms with Gasteiger partial charge in [-0.3, -0.25) is 0 Å². The molecule has 4 rings (SSSR count). The molecule has 0 aromatic heterocycles. The Balaban J connectivity index is 1.81. The maximum Gasteiger partial charge on any atom is 0.213 e. The van der Waals surface area contributed by atoms with E-state index < -0.39 is 7.92 Å². The lowest BCUT2D eigenvalue weighted by Gasteiger charge is -2.28. The molecule has 2 aliphatic rings. The van der Waals surface area contributed by atoms with E-state index in [1.165, 1.54) is 38.4 Å². The van der Waals surface area contributed by atoms with Crippen LogP contribution >= 0.6 is 7.92 Å². The number of nitrogens with zero attached hydrogens (tertiary/aromatic N) is 1. The van der Waals surface area contributed by atoms with E-state index in [2.05, 4.69) is 96.2 Å². The van der Waals surface area contributed by atoms with E-state index in [9.17, 15) is 0 Å². The lowest BCUT2D eigenvalue weighted by atomic mass is 10.1. The van der Waals surface area contributed by atoms with E-state index in [1.54, 1.807) is 0 Å². The zero-order valence-electron chi connectivity index (χ0n) is 18.9. The largest absolute Gasteiger partial charge is 0.475 e. The Morgan fingerprint density at radius 3 is 1.87 bits per heavy atom. The van der Waals surface area contributed by atoms with Crippen molar-refractivity contribution >= 4 is 24.4 Å². The molecular weight excluding hydrogens is 385 g/mol. The molecule has 156 valence electrons. The van der Waals surface area contributed by atoms with Crippen molar-refractivity contribution in [1.29, 1.82) is 0 Å². The summed E-state index contributed by atoms with van der Waals surface area (Å²) in [7, 11) is -0.618. The summed E-state index contributed by atoms with van der Waals surface area (Å²) >= 11 is 0. The summed E-state index contributed by atoms with van der Waals surface area (Å²) in [5.41, 5.74) is 6.81. The molecule has 2 nitrogen and oxygen atoms in total. The molecule has 0 spiro atoms. The van der Waals surface area contributed by atoms with Crippen LogP contribution in [0.3, 0.4) is 0 Å². The minimum Gasteiger partial charge on any atom is -0.475 e. The average Bonchev–Trinajstić information content (AvgIpc) is 3.29. The van der Waals surface area contributed by atoms with Crippen molar-refractivity contribution in [2.75, 3.05) is 6.61 Å². The standard InChI is InChI=1S/C27H32NOP/c1-17(2)25-16-29-27(28-25)24-8-7-9-26(24)30(22-12-18(3)10-19(4)13-22)23-14-20(5)11-21(6)15-23/h7-15,17,25-26H,16H2,1-6H3. The maximum atomic E-state index is 6.11. The number of aliphatic imine (C=N–C) groups is 1. The van der Waals surface area contributed by atoms with Gasteiger partial charge in [-0.25, -0.2) is 4.99 Å². The summed E-state index contributed by atoms with van der Waals surface area (Å²) in [6.07, 6.45) is 6.76. The Morgan fingerprint density at radius 2 is 1.40 bits per heavy atom. The quantitative estimate of drug-likeness (QED) is 0.574. The zero-order valence-corrected chi connectivity index (χ0v) is 19.8. The van der Waals surface area contributed by atoms with E-state index in [0.29, 0.717) is 12.5 Å². The molecule has 0 saturated carbocycles. The van der Waals surface area contributed by atoms with Crippen LogP contribution in [0.5, 0.6) is 0 Å². The van der Waals surface area contributed by atoms with Crippen LogP contribution in [0.2, 0.25) is 0 Å². The fraction of sp³-hybridized carbons (Fsp3) is 0.370. The Kier molecular flexibility index (Phi) is 5.98. The molecule has 2 aromatic carbocycles. The molecule has 0 N–H and O–H groups in total. The van der Waals surface area contributed by atoms with Gasteiger partial charge in [-0.1, -0.05) is 90.7 Å². The van der Waals surface area contributed by atoms with Crippen LogP contribution < -0.4 is 10.6 Å². The third-order valence-electron chi connectivity index (χ3n) is 5.83. The van der Waals surface area contributed by atoms with E-state index in [1.807, 2.05) is 0 Å². The van der Waals surface area contributed by atoms with Gasteiger partial charge in [0.05, 0.1) is 6.04 Å². The summed E-state index contributed by atoms with van der Waals surface area (Å²) in [4.78, 5) is 4.96. The zero-order chi connectivity index (χ0) is 21.4. The van der Waals surface area contributed by atoms with Crippen molar-refractivity contribution in [1.82, 2.24) is 0 Å². The predicted molar refractivity (Wildman–Crippen MR) is 131 cm³/mol. The van der Waals surface area contributed by atoms with Gasteiger partial charge in [0.2, 0.25) is 5.90 Å². The van der Waals surface area contributed by atoms with Gasteiger partial charge >= 0.3 is 0 Å². The SMILES string of the molecule is Cc1cc(C)cc(P(c2cc(C)cc(C)c2)C2C=CC=C2C2=NC(C(C)C)CO2)c1. The minimum atomic E-state index is -0.618. The van der Waals surface area contributed by atoms with Crippen LogP contribution in [0.4, 0.5) is 0 Å². The fourth-order valence-electron chi connectivity index (χ4n) is 4.43. The van der Waals surface area contributed by atoms with Crippen molar-refractivity contribution in [3.8, 4) is 0 Å². The summed E-state index contributed by atoms with van der Waals surface area (Å²) in [6.45, 7) is 13.9. The van der Waals surface area contributed by atoms with Crippen molar-refractivity contribution in [2.45, 2.75) is 53.2 Å². The van der Waals surface area contributed by atoms with Gasteiger partial charge in [0.15, 0.2) is 0 Å². The predicted octanol–water partition coefficient (Wildman–Crippen LogP) is 5.67. The topological polar surface area (TPSA) is 21.6 Å². The van der Waals surface area contributed by atoms with Gasteiger partial charge in [0.25, 0.3) is 0 Å². The van der Waals surface area contributed by atoms with Crippen LogP contribution in [-0.4, -0.2) is 24.2 Å². The first-order valence-electron chi connectivity index (χ1n) is 10.9. The number of hydrogen-bond acceptors (Lipinski definition) is 2. The molecule has 2 unspecified atom stereocenters. The number of aryl methyl sites for hydroxylation is 4. The van der Waals surface area contributed by atoms with Crippen molar-refractivity contribution in [3.05, 3.63) is 82.5 Å². The monoisotopic (exact) mass is 417 g/mol. The fourth-order valence-corrected chi connectivity index (χ4v) is 7.49. The van der Waals surface area contributed by atoms with Gasteiger partial charge in [0, 0.05) is 11.2 Å². The van der Waals surface area contributed by atoms with E-state index >= 15 is 0 Å². The summed E-state index contributed by atoms with van der Waals surface area (Å²) in [5, 5.41) is 2.85. The Bertz CT molecular complexity index is 955. The molecule has 0 saturated heterocycles. The van der Waals surface area contributed by atoms with E-state index in [0.717, 1.165) is 5.90 Å². The molecule has 0 bridgehead atoms. The molecule has 0 fully saturated rings. The molecular formula is C27H32NOP. The average molecular weight is 418 g/mol. The van der Waals surface area contributed by atoms with Gasteiger partial charge < -0.3 is 4.74 Å². The molecule has 2 atom stereocenters. The second kappa shape index (κ2) is 8.52. The van der Waals surface area contributed by atoms with Gasteiger partial charge in [-0.05, 0) is 52.1 Å². The van der Waals surface area contributed by atoms with Crippen molar-refractivity contribution in [3.63, 3.8) is 0 Å². The molecule has 3 heteroatoms. The molecule has 2 aromatic rings. The number of rotatable bonds is 5. The van der Waals surface area contributed by atoms with Gasteiger partial charge in [0.1, 0.15) is 6.61 Å². The summed E-state index contributed by atoms with van der Waals surface area (Å²) in [6, 6.07) is 14.3. The first-order chi connectivity index (χ1) is 14.3. The van der Waals surface area contributed by atoms with Crippen molar-refractivity contribution in [2.24, 2.45) is 10.9 Å². The lowest BCUT2D eigenvalue weighted by Crippen LogP contribution is -2.25. The third kappa shape index (κ3) is 4.30. The molecule has 30 heavy (non-hydrogen) atoms. The second-order valence-electron chi connectivity index (χ2n) is 9.07. The highest BCUT2D eigenvalue weighted by atomic mass is 31.1. The number of hydrogen-bond donors (Lipinski definition) is 0. The normalized spacial score (nSPS) is 20.7. The first-order valence-corrected chi connectivity index (χ1v) is 12.3. The van der Waals surface area contributed by atoms with Crippen LogP contribution in [-0.2, 0) is 4.74 Å². The van der Waals surface area contributed by atoms with Crippen LogP contribution in [0.25, 0.3) is 0 Å². The smallest absolute Gasteiger partial charge is 0.213 e. The van der Waals surface area contributed by atoms with Crippen molar-refractivity contribution < 1.29 is 4.74 Å². The highest BCUT2D eigenvalue weighted by Gasteiger charge is 2.34.